The highest BCUT2D eigenvalue weighted by Crippen LogP contribution is 2.57. The smallest absolute Gasteiger partial charge is 0.0723 e. The van der Waals surface area contributed by atoms with Crippen LogP contribution in [0.5, 0.6) is 0 Å². The SMILES string of the molecule is CNC[C@H](O)[C@]1(C)CC[C@H](C)C1(C)C. The van der Waals surface area contributed by atoms with Gasteiger partial charge in [-0.15, -0.1) is 0 Å². The van der Waals surface area contributed by atoms with Crippen LogP contribution in [0, 0.1) is 16.7 Å². The maximum atomic E-state index is 10.2. The lowest BCUT2D eigenvalue weighted by atomic mass is 9.63. The van der Waals surface area contributed by atoms with Crippen molar-refractivity contribution in [2.24, 2.45) is 16.7 Å². The summed E-state index contributed by atoms with van der Waals surface area (Å²) in [6.45, 7) is 9.83. The first-order chi connectivity index (χ1) is 6.36. The van der Waals surface area contributed by atoms with E-state index in [9.17, 15) is 5.11 Å². The molecule has 1 saturated carbocycles. The molecule has 14 heavy (non-hydrogen) atoms. The molecular formula is C12H25NO. The molecule has 0 aromatic carbocycles. The van der Waals surface area contributed by atoms with Gasteiger partial charge in [-0.3, -0.25) is 0 Å². The summed E-state index contributed by atoms with van der Waals surface area (Å²) >= 11 is 0. The monoisotopic (exact) mass is 199 g/mol. The topological polar surface area (TPSA) is 32.3 Å². The predicted octanol–water partition coefficient (Wildman–Crippen LogP) is 2.03. The van der Waals surface area contributed by atoms with Crippen molar-refractivity contribution in [1.82, 2.24) is 5.32 Å². The highest BCUT2D eigenvalue weighted by molar-refractivity contribution is 5.02. The Kier molecular flexibility index (Phi) is 3.27. The van der Waals surface area contributed by atoms with Gasteiger partial charge in [-0.25, -0.2) is 0 Å². The molecule has 1 aliphatic carbocycles. The fourth-order valence-corrected chi connectivity index (χ4v) is 2.78. The number of hydrogen-bond donors (Lipinski definition) is 2. The summed E-state index contributed by atoms with van der Waals surface area (Å²) in [5, 5.41) is 13.3. The molecule has 0 unspecified atom stereocenters. The van der Waals surface area contributed by atoms with E-state index in [1.807, 2.05) is 7.05 Å². The largest absolute Gasteiger partial charge is 0.391 e. The summed E-state index contributed by atoms with van der Waals surface area (Å²) in [4.78, 5) is 0. The second kappa shape index (κ2) is 3.82. The molecule has 0 aliphatic heterocycles. The van der Waals surface area contributed by atoms with Crippen molar-refractivity contribution in [2.45, 2.75) is 46.6 Å². The first-order valence-electron chi connectivity index (χ1n) is 5.69. The minimum absolute atomic E-state index is 0.0649. The molecule has 0 aromatic rings. The van der Waals surface area contributed by atoms with E-state index < -0.39 is 0 Å². The van der Waals surface area contributed by atoms with Crippen molar-refractivity contribution in [2.75, 3.05) is 13.6 Å². The molecule has 0 spiro atoms. The van der Waals surface area contributed by atoms with Crippen LogP contribution < -0.4 is 5.32 Å². The van der Waals surface area contributed by atoms with Gasteiger partial charge in [0.1, 0.15) is 0 Å². The standard InChI is InChI=1S/C12H25NO/c1-9-6-7-12(4,11(9,2)3)10(14)8-13-5/h9-10,13-14H,6-8H2,1-5H3/t9-,10-,12-/m0/s1. The summed E-state index contributed by atoms with van der Waals surface area (Å²) in [7, 11) is 1.90. The number of hydrogen-bond acceptors (Lipinski definition) is 2. The molecule has 0 aromatic heterocycles. The highest BCUT2D eigenvalue weighted by atomic mass is 16.3. The molecule has 1 fully saturated rings. The van der Waals surface area contributed by atoms with Gasteiger partial charge >= 0.3 is 0 Å². The Bertz CT molecular complexity index is 202. The van der Waals surface area contributed by atoms with E-state index >= 15 is 0 Å². The number of likely N-dealkylation sites (N-methyl/N-ethyl adjacent to an activating group) is 1. The number of aliphatic hydroxyl groups is 1. The maximum absolute atomic E-state index is 10.2. The van der Waals surface area contributed by atoms with Crippen LogP contribution in [0.4, 0.5) is 0 Å². The lowest BCUT2D eigenvalue weighted by Gasteiger charge is -2.44. The first-order valence-corrected chi connectivity index (χ1v) is 5.69. The Morgan fingerprint density at radius 1 is 1.43 bits per heavy atom. The van der Waals surface area contributed by atoms with Gasteiger partial charge < -0.3 is 10.4 Å². The zero-order valence-corrected chi connectivity index (χ0v) is 10.2. The molecule has 0 bridgehead atoms. The number of rotatable bonds is 3. The molecule has 0 amide bonds. The summed E-state index contributed by atoms with van der Waals surface area (Å²) in [5.41, 5.74) is 0.304. The molecule has 2 nitrogen and oxygen atoms in total. The van der Waals surface area contributed by atoms with Crippen molar-refractivity contribution in [3.63, 3.8) is 0 Å². The third-order valence-electron chi connectivity index (χ3n) is 4.93. The minimum Gasteiger partial charge on any atom is -0.391 e. The number of nitrogens with one attached hydrogen (secondary N) is 1. The Balaban J connectivity index is 2.83. The van der Waals surface area contributed by atoms with Gasteiger partial charge in [-0.1, -0.05) is 27.7 Å². The summed E-state index contributed by atoms with van der Waals surface area (Å²) in [6.07, 6.45) is 2.15. The van der Waals surface area contributed by atoms with Crippen LogP contribution in [0.1, 0.15) is 40.5 Å². The molecule has 1 aliphatic rings. The molecule has 2 N–H and O–H groups in total. The van der Waals surface area contributed by atoms with Crippen LogP contribution >= 0.6 is 0 Å². The third kappa shape index (κ3) is 1.59. The van der Waals surface area contributed by atoms with Crippen LogP contribution in [0.2, 0.25) is 0 Å². The van der Waals surface area contributed by atoms with Gasteiger partial charge in [0.05, 0.1) is 6.10 Å². The van der Waals surface area contributed by atoms with Crippen LogP contribution in [-0.2, 0) is 0 Å². The second-order valence-corrected chi connectivity index (χ2v) is 5.65. The van der Waals surface area contributed by atoms with Crippen molar-refractivity contribution < 1.29 is 5.11 Å². The molecule has 2 heteroatoms. The molecule has 84 valence electrons. The van der Waals surface area contributed by atoms with E-state index in [1.165, 1.54) is 6.42 Å². The molecular weight excluding hydrogens is 174 g/mol. The van der Waals surface area contributed by atoms with Gasteiger partial charge in [-0.2, -0.15) is 0 Å². The lowest BCUT2D eigenvalue weighted by Crippen LogP contribution is -2.46. The van der Waals surface area contributed by atoms with E-state index in [1.54, 1.807) is 0 Å². The third-order valence-corrected chi connectivity index (χ3v) is 4.93. The zero-order valence-electron chi connectivity index (χ0n) is 10.2. The van der Waals surface area contributed by atoms with Crippen LogP contribution in [-0.4, -0.2) is 24.8 Å². The average molecular weight is 199 g/mol. The summed E-state index contributed by atoms with van der Waals surface area (Å²) in [5.74, 6) is 0.707. The Morgan fingerprint density at radius 2 is 2.00 bits per heavy atom. The van der Waals surface area contributed by atoms with Gasteiger partial charge in [0, 0.05) is 12.0 Å². The molecule has 3 atom stereocenters. The van der Waals surface area contributed by atoms with Gasteiger partial charge in [0.2, 0.25) is 0 Å². The maximum Gasteiger partial charge on any atom is 0.0723 e. The van der Waals surface area contributed by atoms with E-state index in [-0.39, 0.29) is 16.9 Å². The average Bonchev–Trinajstić information content (AvgIpc) is 2.31. The van der Waals surface area contributed by atoms with Gasteiger partial charge in [-0.05, 0) is 31.2 Å². The first kappa shape index (κ1) is 12.0. The molecule has 1 rings (SSSR count). The quantitative estimate of drug-likeness (QED) is 0.729. The lowest BCUT2D eigenvalue weighted by molar-refractivity contribution is -0.0382. The Hall–Kier alpha value is -0.0800. The van der Waals surface area contributed by atoms with Crippen LogP contribution in [0.3, 0.4) is 0 Å². The van der Waals surface area contributed by atoms with Crippen molar-refractivity contribution in [1.29, 1.82) is 0 Å². The fourth-order valence-electron chi connectivity index (χ4n) is 2.78. The van der Waals surface area contributed by atoms with Crippen molar-refractivity contribution in [3.05, 3.63) is 0 Å². The van der Waals surface area contributed by atoms with E-state index in [0.29, 0.717) is 12.5 Å². The van der Waals surface area contributed by atoms with E-state index in [0.717, 1.165) is 6.42 Å². The Labute approximate surface area is 88.1 Å². The predicted molar refractivity (Wildman–Crippen MR) is 60.2 cm³/mol. The number of aliphatic hydroxyl groups excluding tert-OH is 1. The normalized spacial score (nSPS) is 38.6. The second-order valence-electron chi connectivity index (χ2n) is 5.65. The summed E-state index contributed by atoms with van der Waals surface area (Å²) < 4.78 is 0. The molecule has 0 heterocycles. The van der Waals surface area contributed by atoms with E-state index in [4.69, 9.17) is 0 Å². The fraction of sp³-hybridized carbons (Fsp3) is 1.00. The van der Waals surface area contributed by atoms with Gasteiger partial charge in [0.15, 0.2) is 0 Å². The van der Waals surface area contributed by atoms with E-state index in [2.05, 4.69) is 33.0 Å². The van der Waals surface area contributed by atoms with Crippen molar-refractivity contribution >= 4 is 0 Å². The highest BCUT2D eigenvalue weighted by Gasteiger charge is 2.52. The molecule has 0 radical (unpaired) electrons. The van der Waals surface area contributed by atoms with Crippen LogP contribution in [0.15, 0.2) is 0 Å². The summed E-state index contributed by atoms with van der Waals surface area (Å²) in [6, 6.07) is 0. The van der Waals surface area contributed by atoms with Gasteiger partial charge in [0.25, 0.3) is 0 Å². The minimum atomic E-state index is -0.229. The molecule has 0 saturated heterocycles. The van der Waals surface area contributed by atoms with Crippen LogP contribution in [0.25, 0.3) is 0 Å². The Morgan fingerprint density at radius 3 is 2.36 bits per heavy atom. The van der Waals surface area contributed by atoms with Crippen molar-refractivity contribution in [3.8, 4) is 0 Å². The zero-order chi connectivity index (χ0) is 11.0.